The lowest BCUT2D eigenvalue weighted by atomic mass is 9.84. The Hall–Kier alpha value is -0.600. The van der Waals surface area contributed by atoms with Gasteiger partial charge in [-0.25, -0.2) is 0 Å². The third-order valence-electron chi connectivity index (χ3n) is 3.54. The molecule has 0 radical (unpaired) electrons. The van der Waals surface area contributed by atoms with Gasteiger partial charge in [0.2, 0.25) is 0 Å². The van der Waals surface area contributed by atoms with E-state index in [1.807, 2.05) is 19.1 Å². The van der Waals surface area contributed by atoms with E-state index in [0.29, 0.717) is 5.88 Å². The average Bonchev–Trinajstić information content (AvgIpc) is 2.35. The number of halogens is 1. The molecular weight excluding hydrogens is 232 g/mol. The number of rotatable bonds is 7. The van der Waals surface area contributed by atoms with Crippen molar-refractivity contribution in [2.45, 2.75) is 40.2 Å². The van der Waals surface area contributed by atoms with Crippen molar-refractivity contribution in [1.82, 2.24) is 10.3 Å². The van der Waals surface area contributed by atoms with Crippen LogP contribution in [-0.2, 0) is 6.54 Å². The zero-order valence-electron chi connectivity index (χ0n) is 11.1. The molecule has 2 nitrogen and oxygen atoms in total. The minimum atomic E-state index is 0.228. The number of hydrogen-bond acceptors (Lipinski definition) is 2. The number of aryl methyl sites for hydroxylation is 1. The molecule has 0 amide bonds. The topological polar surface area (TPSA) is 24.9 Å². The molecule has 17 heavy (non-hydrogen) atoms. The lowest BCUT2D eigenvalue weighted by molar-refractivity contribution is 0.285. The summed E-state index contributed by atoms with van der Waals surface area (Å²) in [7, 11) is 0. The minimum Gasteiger partial charge on any atom is -0.311 e. The van der Waals surface area contributed by atoms with Crippen LogP contribution in [0.25, 0.3) is 0 Å². The van der Waals surface area contributed by atoms with E-state index in [1.165, 1.54) is 0 Å². The Balaban J connectivity index is 2.46. The largest absolute Gasteiger partial charge is 0.311 e. The van der Waals surface area contributed by atoms with E-state index in [2.05, 4.69) is 30.2 Å². The summed E-state index contributed by atoms with van der Waals surface area (Å²) in [5, 5.41) is 3.48. The first kappa shape index (κ1) is 14.5. The highest BCUT2D eigenvalue weighted by atomic mass is 35.5. The molecule has 0 bridgehead atoms. The second-order valence-corrected chi connectivity index (χ2v) is 4.98. The first-order chi connectivity index (χ1) is 8.15. The van der Waals surface area contributed by atoms with E-state index in [4.69, 9.17) is 11.6 Å². The van der Waals surface area contributed by atoms with Gasteiger partial charge >= 0.3 is 0 Å². The number of nitrogens with zero attached hydrogens (tertiary/aromatic N) is 1. The molecule has 0 aliphatic carbocycles. The maximum atomic E-state index is 6.08. The highest BCUT2D eigenvalue weighted by Crippen LogP contribution is 2.26. The van der Waals surface area contributed by atoms with Gasteiger partial charge in [-0.1, -0.05) is 19.9 Å². The fraction of sp³-hybridized carbons (Fsp3) is 0.643. The van der Waals surface area contributed by atoms with Crippen LogP contribution in [0.4, 0.5) is 0 Å². The summed E-state index contributed by atoms with van der Waals surface area (Å²) in [5.41, 5.74) is 2.39. The van der Waals surface area contributed by atoms with Crippen molar-refractivity contribution in [3.8, 4) is 0 Å². The van der Waals surface area contributed by atoms with E-state index >= 15 is 0 Å². The molecule has 1 aromatic heterocycles. The molecule has 1 aromatic rings. The Morgan fingerprint density at radius 3 is 2.53 bits per heavy atom. The molecule has 96 valence electrons. The number of alkyl halides is 1. The van der Waals surface area contributed by atoms with Gasteiger partial charge < -0.3 is 5.32 Å². The predicted octanol–water partition coefficient (Wildman–Crippen LogP) is 3.52. The van der Waals surface area contributed by atoms with Crippen molar-refractivity contribution in [2.24, 2.45) is 5.41 Å². The van der Waals surface area contributed by atoms with Crippen molar-refractivity contribution < 1.29 is 0 Å². The molecule has 0 unspecified atom stereocenters. The smallest absolute Gasteiger partial charge is 0.0544 e. The molecule has 0 spiro atoms. The molecule has 0 atom stereocenters. The maximum Gasteiger partial charge on any atom is 0.0544 e. The van der Waals surface area contributed by atoms with Gasteiger partial charge in [0.15, 0.2) is 0 Å². The molecule has 3 heteroatoms. The number of nitrogens with one attached hydrogen (secondary N) is 1. The van der Waals surface area contributed by atoms with E-state index in [1.54, 1.807) is 0 Å². The van der Waals surface area contributed by atoms with Crippen molar-refractivity contribution in [3.05, 3.63) is 29.6 Å². The molecule has 0 fully saturated rings. The summed E-state index contributed by atoms with van der Waals surface area (Å²) in [5.74, 6) is 0.717. The molecule has 1 heterocycles. The van der Waals surface area contributed by atoms with Gasteiger partial charge in [0.25, 0.3) is 0 Å². The van der Waals surface area contributed by atoms with Gasteiger partial charge in [-0.3, -0.25) is 4.98 Å². The van der Waals surface area contributed by atoms with Crippen LogP contribution in [0.15, 0.2) is 18.2 Å². The summed E-state index contributed by atoms with van der Waals surface area (Å²) in [4.78, 5) is 4.47. The van der Waals surface area contributed by atoms with Crippen molar-refractivity contribution >= 4 is 11.6 Å². The average molecular weight is 255 g/mol. The van der Waals surface area contributed by atoms with Crippen LogP contribution in [0.2, 0.25) is 0 Å². The van der Waals surface area contributed by atoms with Crippen molar-refractivity contribution in [1.29, 1.82) is 0 Å². The summed E-state index contributed by atoms with van der Waals surface area (Å²) in [6, 6.07) is 6.12. The fourth-order valence-electron chi connectivity index (χ4n) is 1.89. The van der Waals surface area contributed by atoms with Gasteiger partial charge in [-0.2, -0.15) is 0 Å². The van der Waals surface area contributed by atoms with E-state index in [9.17, 15) is 0 Å². The van der Waals surface area contributed by atoms with Crippen LogP contribution in [0.5, 0.6) is 0 Å². The molecule has 0 aliphatic rings. The van der Waals surface area contributed by atoms with Gasteiger partial charge in [-0.05, 0) is 37.3 Å². The minimum absolute atomic E-state index is 0.228. The molecule has 0 aliphatic heterocycles. The summed E-state index contributed by atoms with van der Waals surface area (Å²) >= 11 is 6.08. The van der Waals surface area contributed by atoms with E-state index < -0.39 is 0 Å². The second kappa shape index (κ2) is 6.97. The third-order valence-corrected chi connectivity index (χ3v) is 4.10. The Kier molecular flexibility index (Phi) is 5.93. The van der Waals surface area contributed by atoms with Gasteiger partial charge in [0.05, 0.1) is 5.69 Å². The van der Waals surface area contributed by atoms with Crippen molar-refractivity contribution in [2.75, 3.05) is 12.4 Å². The molecule has 1 rings (SSSR count). The van der Waals surface area contributed by atoms with Crippen LogP contribution < -0.4 is 5.32 Å². The van der Waals surface area contributed by atoms with Crippen LogP contribution in [-0.4, -0.2) is 17.4 Å². The van der Waals surface area contributed by atoms with Gasteiger partial charge in [-0.15, -0.1) is 11.6 Å². The Morgan fingerprint density at radius 1 is 1.29 bits per heavy atom. The number of hydrogen-bond donors (Lipinski definition) is 1. The lowest BCUT2D eigenvalue weighted by Crippen LogP contribution is -2.34. The molecule has 0 aromatic carbocycles. The molecule has 1 N–H and O–H groups in total. The van der Waals surface area contributed by atoms with Gasteiger partial charge in [0, 0.05) is 24.7 Å². The highest BCUT2D eigenvalue weighted by molar-refractivity contribution is 6.18. The van der Waals surface area contributed by atoms with Crippen LogP contribution >= 0.6 is 11.6 Å². The third kappa shape index (κ3) is 4.29. The predicted molar refractivity (Wildman–Crippen MR) is 74.4 cm³/mol. The summed E-state index contributed by atoms with van der Waals surface area (Å²) < 4.78 is 0. The highest BCUT2D eigenvalue weighted by Gasteiger charge is 2.24. The molecule has 0 saturated heterocycles. The van der Waals surface area contributed by atoms with Crippen molar-refractivity contribution in [3.63, 3.8) is 0 Å². The Labute approximate surface area is 110 Å². The molecular formula is C14H23ClN2. The summed E-state index contributed by atoms with van der Waals surface area (Å²) in [6.07, 6.45) is 2.22. The summed E-state index contributed by atoms with van der Waals surface area (Å²) in [6.45, 7) is 8.21. The maximum absolute atomic E-state index is 6.08. The first-order valence-electron chi connectivity index (χ1n) is 6.35. The molecule has 0 saturated carbocycles. The number of aromatic nitrogens is 1. The SMILES string of the molecule is CCC(CC)(CCl)CNCc1cccc(C)n1. The second-order valence-electron chi connectivity index (χ2n) is 4.71. The standard InChI is InChI=1S/C14H23ClN2/c1-4-14(5-2,10-15)11-16-9-13-8-6-7-12(3)17-13/h6-8,16H,4-5,9-11H2,1-3H3. The first-order valence-corrected chi connectivity index (χ1v) is 6.88. The Morgan fingerprint density at radius 2 is 2.00 bits per heavy atom. The van der Waals surface area contributed by atoms with Gasteiger partial charge in [0.1, 0.15) is 0 Å². The van der Waals surface area contributed by atoms with Crippen LogP contribution in [0.3, 0.4) is 0 Å². The zero-order valence-corrected chi connectivity index (χ0v) is 11.8. The Bertz CT molecular complexity index is 326. The number of pyridine rings is 1. The van der Waals surface area contributed by atoms with E-state index in [0.717, 1.165) is 37.3 Å². The van der Waals surface area contributed by atoms with E-state index in [-0.39, 0.29) is 5.41 Å². The monoisotopic (exact) mass is 254 g/mol. The van der Waals surface area contributed by atoms with Crippen LogP contribution in [0, 0.1) is 12.3 Å². The fourth-order valence-corrected chi connectivity index (χ4v) is 2.36. The lowest BCUT2D eigenvalue weighted by Gasteiger charge is -2.29. The quantitative estimate of drug-likeness (QED) is 0.753. The van der Waals surface area contributed by atoms with Crippen LogP contribution in [0.1, 0.15) is 38.1 Å². The zero-order chi connectivity index (χ0) is 12.7. The normalized spacial score (nSPS) is 11.8.